The number of amides is 1. The first kappa shape index (κ1) is 21.3. The largest absolute Gasteiger partial charge is 0.503 e. The fourth-order valence-electron chi connectivity index (χ4n) is 4.03. The number of benzene rings is 3. The fourth-order valence-corrected chi connectivity index (χ4v) is 4.03. The molecule has 0 unspecified atom stereocenters. The van der Waals surface area contributed by atoms with Crippen molar-refractivity contribution in [2.24, 2.45) is 0 Å². The smallest absolute Gasteiger partial charge is 0.290 e. The van der Waals surface area contributed by atoms with Gasteiger partial charge < -0.3 is 24.2 Å². The Hall–Kier alpha value is -3.93. The van der Waals surface area contributed by atoms with Crippen LogP contribution in [-0.2, 0) is 11.3 Å². The number of hydrogen-bond acceptors (Lipinski definition) is 5. The van der Waals surface area contributed by atoms with Crippen LogP contribution in [-0.4, -0.2) is 37.2 Å². The highest BCUT2D eigenvalue weighted by molar-refractivity contribution is 6.05. The van der Waals surface area contributed by atoms with E-state index in [1.165, 1.54) is 0 Å². The zero-order valence-corrected chi connectivity index (χ0v) is 18.2. The lowest BCUT2D eigenvalue weighted by Crippen LogP contribution is -2.30. The first-order valence-electron chi connectivity index (χ1n) is 10.2. The maximum Gasteiger partial charge on any atom is 0.290 e. The van der Waals surface area contributed by atoms with E-state index in [0.717, 1.165) is 16.7 Å². The van der Waals surface area contributed by atoms with Crippen LogP contribution in [0.4, 0.5) is 0 Å². The quantitative estimate of drug-likeness (QED) is 0.584. The van der Waals surface area contributed by atoms with Crippen molar-refractivity contribution in [3.05, 3.63) is 95.2 Å². The number of carbonyl (C=O) groups is 1. The molecule has 6 heteroatoms. The second-order valence-electron chi connectivity index (χ2n) is 7.41. The van der Waals surface area contributed by atoms with Crippen molar-refractivity contribution in [1.82, 2.24) is 4.90 Å². The minimum atomic E-state index is -0.455. The molecule has 0 radical (unpaired) electrons. The highest BCUT2D eigenvalue weighted by Gasteiger charge is 2.41. The van der Waals surface area contributed by atoms with E-state index in [4.69, 9.17) is 14.2 Å². The van der Waals surface area contributed by atoms with Crippen LogP contribution in [0.2, 0.25) is 0 Å². The van der Waals surface area contributed by atoms with Crippen molar-refractivity contribution < 1.29 is 24.1 Å². The second kappa shape index (κ2) is 9.06. The van der Waals surface area contributed by atoms with E-state index < -0.39 is 11.9 Å². The normalized spacial score (nSPS) is 15.8. The van der Waals surface area contributed by atoms with Crippen LogP contribution in [0.5, 0.6) is 17.2 Å². The summed E-state index contributed by atoms with van der Waals surface area (Å²) in [6.45, 7) is 0.259. The average molecular weight is 431 g/mol. The molecule has 32 heavy (non-hydrogen) atoms. The Labute approximate surface area is 187 Å². The topological polar surface area (TPSA) is 68.2 Å². The fraction of sp³-hybridized carbons (Fsp3) is 0.192. The number of aliphatic hydroxyl groups is 1. The summed E-state index contributed by atoms with van der Waals surface area (Å²) in [7, 11) is 4.77. The number of carbonyl (C=O) groups excluding carboxylic acids is 1. The molecule has 4 rings (SSSR count). The van der Waals surface area contributed by atoms with Crippen LogP contribution in [0.3, 0.4) is 0 Å². The number of nitrogens with zero attached hydrogens (tertiary/aromatic N) is 1. The molecule has 3 aromatic rings. The van der Waals surface area contributed by atoms with Crippen molar-refractivity contribution in [2.45, 2.75) is 12.6 Å². The Morgan fingerprint density at radius 3 is 2.12 bits per heavy atom. The second-order valence-corrected chi connectivity index (χ2v) is 7.41. The molecule has 1 heterocycles. The molecule has 0 bridgehead atoms. The van der Waals surface area contributed by atoms with Gasteiger partial charge in [-0.25, -0.2) is 0 Å². The van der Waals surface area contributed by atoms with Gasteiger partial charge in [-0.15, -0.1) is 0 Å². The highest BCUT2D eigenvalue weighted by Crippen LogP contribution is 2.44. The van der Waals surface area contributed by atoms with Crippen molar-refractivity contribution >= 4 is 11.5 Å². The maximum atomic E-state index is 13.3. The predicted octanol–water partition coefficient (Wildman–Crippen LogP) is 4.77. The van der Waals surface area contributed by atoms with Crippen molar-refractivity contribution in [1.29, 1.82) is 0 Å². The van der Waals surface area contributed by atoms with Gasteiger partial charge in [0, 0.05) is 17.2 Å². The van der Waals surface area contributed by atoms with E-state index in [1.807, 2.05) is 66.7 Å². The highest BCUT2D eigenvalue weighted by atomic mass is 16.5. The summed E-state index contributed by atoms with van der Waals surface area (Å²) in [4.78, 5) is 14.9. The summed E-state index contributed by atoms with van der Waals surface area (Å²) < 4.78 is 16.1. The number of hydrogen-bond donors (Lipinski definition) is 1. The third kappa shape index (κ3) is 3.87. The van der Waals surface area contributed by atoms with Gasteiger partial charge in [-0.1, -0.05) is 42.5 Å². The molecule has 1 N–H and O–H groups in total. The first-order chi connectivity index (χ1) is 15.6. The molecular formula is C26H25NO5. The number of rotatable bonds is 7. The van der Waals surface area contributed by atoms with Gasteiger partial charge in [-0.05, 0) is 35.4 Å². The van der Waals surface area contributed by atoms with Gasteiger partial charge in [0.25, 0.3) is 5.91 Å². The predicted molar refractivity (Wildman–Crippen MR) is 122 cm³/mol. The number of aliphatic hydroxyl groups excluding tert-OH is 1. The monoisotopic (exact) mass is 431 g/mol. The van der Waals surface area contributed by atoms with Gasteiger partial charge >= 0.3 is 0 Å². The van der Waals surface area contributed by atoms with E-state index in [1.54, 1.807) is 32.3 Å². The van der Waals surface area contributed by atoms with Crippen LogP contribution in [0, 0.1) is 0 Å². The van der Waals surface area contributed by atoms with E-state index >= 15 is 0 Å². The SMILES string of the molecule is COc1ccc(C2=C(O)C(=O)N(Cc3ccc(OC)cc3OC)[C@@H]2c2ccccc2)cc1. The molecule has 1 amide bonds. The average Bonchev–Trinajstić information content (AvgIpc) is 3.09. The first-order valence-corrected chi connectivity index (χ1v) is 10.2. The van der Waals surface area contributed by atoms with E-state index in [-0.39, 0.29) is 12.3 Å². The molecular weight excluding hydrogens is 406 g/mol. The number of methoxy groups -OCH3 is 3. The molecule has 0 aliphatic carbocycles. The molecule has 0 spiro atoms. The molecule has 1 aliphatic rings. The van der Waals surface area contributed by atoms with Gasteiger partial charge in [0.1, 0.15) is 17.2 Å². The zero-order chi connectivity index (χ0) is 22.7. The third-order valence-corrected chi connectivity index (χ3v) is 5.65. The van der Waals surface area contributed by atoms with E-state index in [0.29, 0.717) is 22.8 Å². The van der Waals surface area contributed by atoms with Crippen LogP contribution in [0.15, 0.2) is 78.6 Å². The molecule has 0 fully saturated rings. The minimum Gasteiger partial charge on any atom is -0.503 e. The molecule has 1 atom stereocenters. The Kier molecular flexibility index (Phi) is 6.03. The summed E-state index contributed by atoms with van der Waals surface area (Å²) in [5, 5.41) is 10.9. The maximum absolute atomic E-state index is 13.3. The standard InChI is InChI=1S/C26H25NO5/c1-30-20-12-9-17(10-13-20)23-24(18-7-5-4-6-8-18)27(26(29)25(23)28)16-19-11-14-21(31-2)15-22(19)32-3/h4-15,24,28H,16H2,1-3H3/t24-/m1/s1. The molecule has 1 aliphatic heterocycles. The lowest BCUT2D eigenvalue weighted by Gasteiger charge is -2.28. The van der Waals surface area contributed by atoms with Crippen molar-refractivity contribution in [3.8, 4) is 17.2 Å². The van der Waals surface area contributed by atoms with Crippen LogP contribution in [0.25, 0.3) is 5.57 Å². The van der Waals surface area contributed by atoms with E-state index in [9.17, 15) is 9.90 Å². The van der Waals surface area contributed by atoms with Gasteiger partial charge in [0.2, 0.25) is 0 Å². The summed E-state index contributed by atoms with van der Waals surface area (Å²) in [6, 6.07) is 22.0. The lowest BCUT2D eigenvalue weighted by molar-refractivity contribution is -0.130. The molecule has 0 saturated carbocycles. The van der Waals surface area contributed by atoms with Gasteiger partial charge in [-0.3, -0.25) is 4.79 Å². The third-order valence-electron chi connectivity index (χ3n) is 5.65. The van der Waals surface area contributed by atoms with Gasteiger partial charge in [-0.2, -0.15) is 0 Å². The Morgan fingerprint density at radius 2 is 1.50 bits per heavy atom. The van der Waals surface area contributed by atoms with Crippen LogP contribution in [0.1, 0.15) is 22.7 Å². The summed E-state index contributed by atoms with van der Waals surface area (Å²) in [5.41, 5.74) is 3.04. The molecule has 6 nitrogen and oxygen atoms in total. The Balaban J connectivity index is 1.78. The van der Waals surface area contributed by atoms with Crippen LogP contribution < -0.4 is 14.2 Å². The summed E-state index contributed by atoms with van der Waals surface area (Å²) in [5.74, 6) is 1.30. The lowest BCUT2D eigenvalue weighted by atomic mass is 9.93. The molecule has 0 saturated heterocycles. The van der Waals surface area contributed by atoms with Crippen molar-refractivity contribution in [3.63, 3.8) is 0 Å². The summed E-state index contributed by atoms with van der Waals surface area (Å²) >= 11 is 0. The minimum absolute atomic E-state index is 0.253. The molecule has 164 valence electrons. The zero-order valence-electron chi connectivity index (χ0n) is 18.2. The van der Waals surface area contributed by atoms with Crippen molar-refractivity contribution in [2.75, 3.05) is 21.3 Å². The Morgan fingerprint density at radius 1 is 0.844 bits per heavy atom. The molecule has 0 aromatic heterocycles. The molecule has 3 aromatic carbocycles. The summed E-state index contributed by atoms with van der Waals surface area (Å²) in [6.07, 6.45) is 0. The van der Waals surface area contributed by atoms with Gasteiger partial charge in [0.15, 0.2) is 5.76 Å². The number of ether oxygens (including phenoxy) is 3. The Bertz CT molecular complexity index is 1140. The van der Waals surface area contributed by atoms with Crippen LogP contribution >= 0.6 is 0 Å². The van der Waals surface area contributed by atoms with E-state index in [2.05, 4.69) is 0 Å². The van der Waals surface area contributed by atoms with Gasteiger partial charge in [0.05, 0.1) is 33.9 Å².